The van der Waals surface area contributed by atoms with Crippen LogP contribution in [0.15, 0.2) is 23.9 Å². The minimum Gasteiger partial charge on any atom is -0.831 e. The fourth-order valence-electron chi connectivity index (χ4n) is 4.39. The third-order valence-electron chi connectivity index (χ3n) is 6.12. The van der Waals surface area contributed by atoms with Crippen molar-refractivity contribution in [2.75, 3.05) is 12.1 Å². The van der Waals surface area contributed by atoms with Crippen molar-refractivity contribution in [3.8, 4) is 0 Å². The summed E-state index contributed by atoms with van der Waals surface area (Å²) in [6.07, 6.45) is -1.57. The van der Waals surface area contributed by atoms with Gasteiger partial charge in [-0.15, -0.1) is 0 Å². The Labute approximate surface area is 186 Å². The predicted molar refractivity (Wildman–Crippen MR) is 111 cm³/mol. The van der Waals surface area contributed by atoms with Crippen molar-refractivity contribution in [2.24, 2.45) is 11.3 Å². The van der Waals surface area contributed by atoms with E-state index in [1.807, 2.05) is 6.07 Å². The van der Waals surface area contributed by atoms with Crippen LogP contribution in [0, 0.1) is 11.3 Å². The molecule has 0 aliphatic carbocycles. The molecule has 0 radical (unpaired) electrons. The highest BCUT2D eigenvalue weighted by atomic mass is 16.7. The highest BCUT2D eigenvalue weighted by molar-refractivity contribution is 6.07. The number of rotatable bonds is 6. The fourth-order valence-corrected chi connectivity index (χ4v) is 4.39. The lowest BCUT2D eigenvalue weighted by Crippen LogP contribution is -2.61. The van der Waals surface area contributed by atoms with Gasteiger partial charge in [-0.3, -0.25) is 9.59 Å². The summed E-state index contributed by atoms with van der Waals surface area (Å²) in [7, 11) is 0. The van der Waals surface area contributed by atoms with Gasteiger partial charge in [0, 0.05) is 5.69 Å². The number of carbonyl (C=O) groups excluding carboxylic acids is 3. The first-order chi connectivity index (χ1) is 15.0. The highest BCUT2D eigenvalue weighted by Crippen LogP contribution is 2.47. The maximum atomic E-state index is 13.0. The maximum absolute atomic E-state index is 13.0. The first kappa shape index (κ1) is 22.4. The molecule has 0 spiro atoms. The zero-order chi connectivity index (χ0) is 23.4. The third kappa shape index (κ3) is 3.80. The van der Waals surface area contributed by atoms with Crippen molar-refractivity contribution in [1.82, 2.24) is 4.90 Å². The highest BCUT2D eigenvalue weighted by Gasteiger charge is 2.57. The van der Waals surface area contributed by atoms with Crippen LogP contribution in [0.25, 0.3) is 5.57 Å². The van der Waals surface area contributed by atoms with Gasteiger partial charge in [0.2, 0.25) is 11.8 Å². The normalized spacial score (nSPS) is 24.0. The second kappa shape index (κ2) is 7.99. The van der Waals surface area contributed by atoms with Gasteiger partial charge in [-0.25, -0.2) is 4.79 Å². The molecule has 3 aliphatic heterocycles. The van der Waals surface area contributed by atoms with E-state index in [1.54, 1.807) is 39.8 Å². The first-order valence-corrected chi connectivity index (χ1v) is 10.6. The van der Waals surface area contributed by atoms with Crippen molar-refractivity contribution in [2.45, 2.75) is 59.0 Å². The molecule has 1 saturated heterocycles. The average molecular weight is 443 g/mol. The molecular formula is C23H27N2O7-. The van der Waals surface area contributed by atoms with Crippen LogP contribution in [0.5, 0.6) is 0 Å². The fraction of sp³-hybridized carbons (Fsp3) is 0.522. The lowest BCUT2D eigenvalue weighted by atomic mass is 9.82. The minimum absolute atomic E-state index is 0.0861. The number of anilines is 1. The number of fused-ring (bicyclic) bond motifs is 2. The number of aliphatic hydroxyl groups excluding tert-OH is 1. The van der Waals surface area contributed by atoms with Crippen molar-refractivity contribution < 1.29 is 34.1 Å². The Morgan fingerprint density at radius 2 is 2.06 bits per heavy atom. The molecular weight excluding hydrogens is 416 g/mol. The molecule has 1 unspecified atom stereocenters. The molecule has 1 fully saturated rings. The lowest BCUT2D eigenvalue weighted by molar-refractivity contribution is -0.520. The Kier molecular flexibility index (Phi) is 5.60. The number of amides is 2. The number of benzene rings is 1. The number of ether oxygens (including phenoxy) is 2. The molecule has 2 amide bonds. The summed E-state index contributed by atoms with van der Waals surface area (Å²) in [6.45, 7) is 6.17. The molecule has 1 aromatic carbocycles. The molecule has 172 valence electrons. The molecule has 3 aliphatic rings. The van der Waals surface area contributed by atoms with Gasteiger partial charge in [0.05, 0.1) is 24.5 Å². The lowest BCUT2D eigenvalue weighted by Gasteiger charge is -2.44. The van der Waals surface area contributed by atoms with E-state index in [-0.39, 0.29) is 23.6 Å². The van der Waals surface area contributed by atoms with Crippen molar-refractivity contribution in [3.05, 3.63) is 35.0 Å². The van der Waals surface area contributed by atoms with E-state index in [0.29, 0.717) is 29.7 Å². The second-order valence-electron chi connectivity index (χ2n) is 9.58. The van der Waals surface area contributed by atoms with E-state index >= 15 is 0 Å². The van der Waals surface area contributed by atoms with E-state index in [1.165, 1.54) is 4.90 Å². The standard InChI is InChI=1S/C23H27N2O7/c1-11(26)18-16-9-14(12-5-6-13-8-17(27)24-15(13)7-12)19(25(16)20(18)28)21(29)31-10-32-22(30)23(2,3)4/h5-7,11,16,18,22,26H,8-10H2,1-4H3,(H,24,27)/q-1/t11-,16-,18-,22?/m1/s1. The Hall–Kier alpha value is -2.75. The molecule has 32 heavy (non-hydrogen) atoms. The summed E-state index contributed by atoms with van der Waals surface area (Å²) in [6, 6.07) is 5.04. The van der Waals surface area contributed by atoms with Gasteiger partial charge < -0.3 is 29.9 Å². The Morgan fingerprint density at radius 1 is 1.34 bits per heavy atom. The van der Waals surface area contributed by atoms with Crippen LogP contribution in [-0.2, 0) is 30.3 Å². The number of nitrogens with one attached hydrogen (secondary N) is 1. The monoisotopic (exact) mass is 443 g/mol. The second-order valence-corrected chi connectivity index (χ2v) is 9.58. The van der Waals surface area contributed by atoms with Crippen molar-refractivity contribution in [1.29, 1.82) is 0 Å². The summed E-state index contributed by atoms with van der Waals surface area (Å²) < 4.78 is 10.3. The van der Waals surface area contributed by atoms with Gasteiger partial charge in [-0.1, -0.05) is 32.9 Å². The van der Waals surface area contributed by atoms with Crippen LogP contribution >= 0.6 is 0 Å². The van der Waals surface area contributed by atoms with Crippen molar-refractivity contribution in [3.63, 3.8) is 0 Å². The van der Waals surface area contributed by atoms with Crippen LogP contribution in [0.2, 0.25) is 0 Å². The molecule has 4 atom stereocenters. The van der Waals surface area contributed by atoms with E-state index < -0.39 is 36.5 Å². The molecule has 1 aromatic rings. The predicted octanol–water partition coefficient (Wildman–Crippen LogP) is 0.754. The number of carbonyl (C=O) groups is 3. The number of esters is 1. The van der Waals surface area contributed by atoms with Crippen LogP contribution in [0.1, 0.15) is 45.2 Å². The Balaban J connectivity index is 1.61. The molecule has 0 aromatic heterocycles. The zero-order valence-electron chi connectivity index (χ0n) is 18.5. The van der Waals surface area contributed by atoms with E-state index in [2.05, 4.69) is 5.32 Å². The van der Waals surface area contributed by atoms with Crippen LogP contribution in [0.4, 0.5) is 5.69 Å². The van der Waals surface area contributed by atoms with Crippen molar-refractivity contribution >= 4 is 29.0 Å². The van der Waals surface area contributed by atoms with Gasteiger partial charge in [0.25, 0.3) is 0 Å². The van der Waals surface area contributed by atoms with Gasteiger partial charge in [0.15, 0.2) is 6.79 Å². The van der Waals surface area contributed by atoms with Gasteiger partial charge in [-0.2, -0.15) is 0 Å². The van der Waals surface area contributed by atoms with Gasteiger partial charge in [-0.05, 0) is 47.8 Å². The van der Waals surface area contributed by atoms with Crippen LogP contribution < -0.4 is 10.4 Å². The van der Waals surface area contributed by atoms with Gasteiger partial charge >= 0.3 is 5.97 Å². The largest absolute Gasteiger partial charge is 0.831 e. The molecule has 2 N–H and O–H groups in total. The number of aliphatic hydroxyl groups is 1. The van der Waals surface area contributed by atoms with E-state index in [0.717, 1.165) is 5.56 Å². The molecule has 4 rings (SSSR count). The Bertz CT molecular complexity index is 1010. The summed E-state index contributed by atoms with van der Waals surface area (Å²) in [4.78, 5) is 38.7. The third-order valence-corrected chi connectivity index (χ3v) is 6.12. The number of nitrogens with zero attached hydrogens (tertiary/aromatic N) is 1. The smallest absolute Gasteiger partial charge is 0.357 e. The zero-order valence-corrected chi connectivity index (χ0v) is 18.5. The average Bonchev–Trinajstić information content (AvgIpc) is 3.23. The minimum atomic E-state index is -1.38. The van der Waals surface area contributed by atoms with Gasteiger partial charge in [0.1, 0.15) is 5.70 Å². The Morgan fingerprint density at radius 3 is 2.72 bits per heavy atom. The SMILES string of the molecule is C[C@@H](O)[C@H]1C(=O)N2C(C(=O)OCOC([O-])C(C)(C)C)=C(c3ccc4c(c3)NC(=O)C4)C[C@H]12. The molecule has 9 heteroatoms. The number of hydrogen-bond donors (Lipinski definition) is 2. The molecule has 0 saturated carbocycles. The van der Waals surface area contributed by atoms with E-state index in [9.17, 15) is 24.6 Å². The molecule has 0 bridgehead atoms. The molecule has 9 nitrogen and oxygen atoms in total. The van der Waals surface area contributed by atoms with E-state index in [4.69, 9.17) is 9.47 Å². The molecule has 3 heterocycles. The summed E-state index contributed by atoms with van der Waals surface area (Å²) in [5.74, 6) is -1.83. The maximum Gasteiger partial charge on any atom is 0.357 e. The summed E-state index contributed by atoms with van der Waals surface area (Å²) in [5, 5.41) is 24.8. The summed E-state index contributed by atoms with van der Waals surface area (Å²) in [5.41, 5.74) is 2.23. The summed E-state index contributed by atoms with van der Waals surface area (Å²) >= 11 is 0. The van der Waals surface area contributed by atoms with Crippen LogP contribution in [-0.4, -0.2) is 53.0 Å². The number of β-lactam (4-membered cyclic amide) rings is 1. The van der Waals surface area contributed by atoms with Crippen LogP contribution in [0.3, 0.4) is 0 Å². The topological polar surface area (TPSA) is 128 Å². The number of hydrogen-bond acceptors (Lipinski definition) is 7. The first-order valence-electron chi connectivity index (χ1n) is 10.6. The quantitative estimate of drug-likeness (QED) is 0.377.